The maximum Gasteiger partial charge on any atom is -0.0178 e. The van der Waals surface area contributed by atoms with Gasteiger partial charge in [0.15, 0.2) is 0 Å². The SMILES string of the molecule is CCC1C(C)C1C1(C)CC12C(C)CC2C(C)C. The Kier molecular flexibility index (Phi) is 2.34. The van der Waals surface area contributed by atoms with Gasteiger partial charge < -0.3 is 0 Å². The summed E-state index contributed by atoms with van der Waals surface area (Å²) in [6.45, 7) is 15.0. The fourth-order valence-electron chi connectivity index (χ4n) is 6.38. The third-order valence-electron chi connectivity index (χ3n) is 7.32. The van der Waals surface area contributed by atoms with Crippen LogP contribution in [0.5, 0.6) is 0 Å². The van der Waals surface area contributed by atoms with Gasteiger partial charge in [0.1, 0.15) is 0 Å². The minimum Gasteiger partial charge on any atom is -0.0651 e. The Bertz CT molecular complexity index is 331. The Labute approximate surface area is 108 Å². The van der Waals surface area contributed by atoms with Crippen LogP contribution in [0, 0.1) is 46.3 Å². The molecule has 3 aliphatic carbocycles. The normalized spacial score (nSPS) is 60.5. The molecule has 0 amide bonds. The van der Waals surface area contributed by atoms with E-state index >= 15 is 0 Å². The van der Waals surface area contributed by atoms with Crippen molar-refractivity contribution in [2.75, 3.05) is 0 Å². The molecule has 0 bridgehead atoms. The van der Waals surface area contributed by atoms with Gasteiger partial charge in [0, 0.05) is 0 Å². The van der Waals surface area contributed by atoms with Crippen LogP contribution in [0.15, 0.2) is 0 Å². The lowest BCUT2D eigenvalue weighted by atomic mass is 9.54. The molecule has 3 saturated carbocycles. The van der Waals surface area contributed by atoms with Crippen LogP contribution in [0.1, 0.15) is 60.8 Å². The minimum absolute atomic E-state index is 0.722. The van der Waals surface area contributed by atoms with E-state index in [-0.39, 0.29) is 0 Å². The fraction of sp³-hybridized carbons (Fsp3) is 1.00. The molecule has 3 fully saturated rings. The van der Waals surface area contributed by atoms with E-state index in [2.05, 4.69) is 41.5 Å². The number of hydrogen-bond donors (Lipinski definition) is 0. The van der Waals surface area contributed by atoms with Gasteiger partial charge in [0.05, 0.1) is 0 Å². The van der Waals surface area contributed by atoms with E-state index < -0.39 is 0 Å². The molecule has 7 unspecified atom stereocenters. The van der Waals surface area contributed by atoms with Crippen molar-refractivity contribution in [3.05, 3.63) is 0 Å². The Balaban J connectivity index is 1.80. The first kappa shape index (κ1) is 12.1. The zero-order valence-corrected chi connectivity index (χ0v) is 12.6. The molecule has 0 heteroatoms. The summed E-state index contributed by atoms with van der Waals surface area (Å²) in [6.07, 6.45) is 4.47. The molecule has 1 spiro atoms. The summed E-state index contributed by atoms with van der Waals surface area (Å²) in [4.78, 5) is 0. The second kappa shape index (κ2) is 3.31. The lowest BCUT2D eigenvalue weighted by Crippen LogP contribution is -2.44. The van der Waals surface area contributed by atoms with E-state index in [1.165, 1.54) is 12.8 Å². The highest BCUT2D eigenvalue weighted by Gasteiger charge is 2.80. The van der Waals surface area contributed by atoms with Crippen molar-refractivity contribution in [3.63, 3.8) is 0 Å². The second-order valence-corrected chi connectivity index (χ2v) is 8.08. The molecule has 0 heterocycles. The summed E-state index contributed by atoms with van der Waals surface area (Å²) in [5.74, 6) is 6.08. The minimum atomic E-state index is 0.722. The zero-order chi connectivity index (χ0) is 12.6. The third-order valence-corrected chi connectivity index (χ3v) is 7.32. The zero-order valence-electron chi connectivity index (χ0n) is 12.6. The first-order valence-corrected chi connectivity index (χ1v) is 7.90. The molecular formula is C17H30. The molecule has 0 saturated heterocycles. The molecule has 0 nitrogen and oxygen atoms in total. The van der Waals surface area contributed by atoms with E-state index in [1.807, 2.05) is 0 Å². The van der Waals surface area contributed by atoms with Crippen molar-refractivity contribution in [3.8, 4) is 0 Å². The highest BCUT2D eigenvalue weighted by atomic mass is 14.8. The van der Waals surface area contributed by atoms with Crippen molar-refractivity contribution in [1.82, 2.24) is 0 Å². The van der Waals surface area contributed by atoms with Gasteiger partial charge in [-0.05, 0) is 59.2 Å². The monoisotopic (exact) mass is 234 g/mol. The summed E-state index contributed by atoms with van der Waals surface area (Å²) in [5, 5.41) is 0. The molecular weight excluding hydrogens is 204 g/mol. The topological polar surface area (TPSA) is 0 Å². The van der Waals surface area contributed by atoms with E-state index in [0.29, 0.717) is 0 Å². The lowest BCUT2D eigenvalue weighted by Gasteiger charge is -2.50. The van der Waals surface area contributed by atoms with E-state index in [1.54, 1.807) is 6.42 Å². The largest absolute Gasteiger partial charge is 0.0651 e. The Morgan fingerprint density at radius 2 is 1.88 bits per heavy atom. The summed E-state index contributed by atoms with van der Waals surface area (Å²) < 4.78 is 0. The van der Waals surface area contributed by atoms with Crippen LogP contribution < -0.4 is 0 Å². The smallest absolute Gasteiger partial charge is 0.0178 e. The van der Waals surface area contributed by atoms with Crippen LogP contribution in [0.2, 0.25) is 0 Å². The highest BCUT2D eigenvalue weighted by molar-refractivity contribution is 5.28. The van der Waals surface area contributed by atoms with Crippen LogP contribution in [0.3, 0.4) is 0 Å². The van der Waals surface area contributed by atoms with Crippen LogP contribution in [-0.4, -0.2) is 0 Å². The quantitative estimate of drug-likeness (QED) is 0.645. The summed E-state index contributed by atoms with van der Waals surface area (Å²) in [6, 6.07) is 0. The standard InChI is InChI=1S/C17H30/c1-7-13-12(5)15(13)16(6)9-17(16)11(4)8-14(17)10(2)3/h10-15H,7-9H2,1-6H3. The summed E-state index contributed by atoms with van der Waals surface area (Å²) in [7, 11) is 0. The molecule has 0 aromatic carbocycles. The highest BCUT2D eigenvalue weighted by Crippen LogP contribution is 2.86. The molecule has 7 atom stereocenters. The Hall–Kier alpha value is 0. The van der Waals surface area contributed by atoms with E-state index in [0.717, 1.165) is 46.3 Å². The van der Waals surface area contributed by atoms with Crippen LogP contribution >= 0.6 is 0 Å². The van der Waals surface area contributed by atoms with Gasteiger partial charge in [-0.1, -0.05) is 48.0 Å². The van der Waals surface area contributed by atoms with Crippen molar-refractivity contribution in [2.45, 2.75) is 60.8 Å². The van der Waals surface area contributed by atoms with Crippen molar-refractivity contribution >= 4 is 0 Å². The van der Waals surface area contributed by atoms with E-state index in [4.69, 9.17) is 0 Å². The summed E-state index contributed by atoms with van der Waals surface area (Å²) >= 11 is 0. The Morgan fingerprint density at radius 3 is 2.29 bits per heavy atom. The average molecular weight is 234 g/mol. The first-order chi connectivity index (χ1) is 7.90. The summed E-state index contributed by atoms with van der Waals surface area (Å²) in [5.41, 5.74) is 1.49. The van der Waals surface area contributed by atoms with Gasteiger partial charge in [-0.25, -0.2) is 0 Å². The second-order valence-electron chi connectivity index (χ2n) is 8.08. The number of rotatable bonds is 3. The number of hydrogen-bond acceptors (Lipinski definition) is 0. The maximum absolute atomic E-state index is 2.63. The van der Waals surface area contributed by atoms with Gasteiger partial charge in [-0.15, -0.1) is 0 Å². The van der Waals surface area contributed by atoms with Gasteiger partial charge in [-0.3, -0.25) is 0 Å². The fourth-order valence-corrected chi connectivity index (χ4v) is 6.38. The van der Waals surface area contributed by atoms with Crippen molar-refractivity contribution in [2.24, 2.45) is 46.3 Å². The molecule has 0 N–H and O–H groups in total. The van der Waals surface area contributed by atoms with Crippen molar-refractivity contribution in [1.29, 1.82) is 0 Å². The van der Waals surface area contributed by atoms with Crippen LogP contribution in [0.4, 0.5) is 0 Å². The Morgan fingerprint density at radius 1 is 1.24 bits per heavy atom. The molecule has 3 aliphatic rings. The predicted molar refractivity (Wildman–Crippen MR) is 73.7 cm³/mol. The van der Waals surface area contributed by atoms with Gasteiger partial charge in [-0.2, -0.15) is 0 Å². The molecule has 3 rings (SSSR count). The molecule has 98 valence electrons. The first-order valence-electron chi connectivity index (χ1n) is 7.90. The molecule has 0 aliphatic heterocycles. The van der Waals surface area contributed by atoms with E-state index in [9.17, 15) is 0 Å². The van der Waals surface area contributed by atoms with Crippen LogP contribution in [-0.2, 0) is 0 Å². The molecule has 0 radical (unpaired) electrons. The lowest BCUT2D eigenvalue weighted by molar-refractivity contribution is -0.0198. The maximum atomic E-state index is 2.63. The van der Waals surface area contributed by atoms with Crippen LogP contribution in [0.25, 0.3) is 0 Å². The van der Waals surface area contributed by atoms with Crippen molar-refractivity contribution < 1.29 is 0 Å². The molecule has 17 heavy (non-hydrogen) atoms. The van der Waals surface area contributed by atoms with Gasteiger partial charge in [0.2, 0.25) is 0 Å². The van der Waals surface area contributed by atoms with Gasteiger partial charge in [0.25, 0.3) is 0 Å². The molecule has 0 aromatic heterocycles. The average Bonchev–Trinajstić information content (AvgIpc) is 3.10. The van der Waals surface area contributed by atoms with Gasteiger partial charge >= 0.3 is 0 Å². The predicted octanol–water partition coefficient (Wildman–Crippen LogP) is 4.99. The molecule has 0 aromatic rings. The third kappa shape index (κ3) is 1.21.